The number of carbonyl (C=O) groups excluding carboxylic acids is 1. The first-order chi connectivity index (χ1) is 15.8. The van der Waals surface area contributed by atoms with E-state index in [9.17, 15) is 4.79 Å². The summed E-state index contributed by atoms with van der Waals surface area (Å²) in [6.45, 7) is 6.80. The summed E-state index contributed by atoms with van der Waals surface area (Å²) in [6.07, 6.45) is 0.649. The van der Waals surface area contributed by atoms with Crippen LogP contribution in [0.3, 0.4) is 0 Å². The fourth-order valence-corrected chi connectivity index (χ4v) is 3.59. The number of rotatable bonds is 10. The SMILES string of the molecule is COc1ccc(CCNC(=O)c2ccc(COc3cc(C)c(Cl)cc3C(C)C)o2)cc1OC. The lowest BCUT2D eigenvalue weighted by molar-refractivity contribution is 0.0922. The summed E-state index contributed by atoms with van der Waals surface area (Å²) >= 11 is 6.26. The lowest BCUT2D eigenvalue weighted by atomic mass is 10.0. The number of furan rings is 1. The Morgan fingerprint density at radius 3 is 2.48 bits per heavy atom. The zero-order valence-electron chi connectivity index (χ0n) is 19.7. The van der Waals surface area contributed by atoms with Gasteiger partial charge in [-0.15, -0.1) is 0 Å². The van der Waals surface area contributed by atoms with Crippen molar-refractivity contribution in [3.05, 3.63) is 75.7 Å². The van der Waals surface area contributed by atoms with E-state index in [4.69, 9.17) is 30.2 Å². The lowest BCUT2D eigenvalue weighted by Crippen LogP contribution is -2.25. The zero-order valence-corrected chi connectivity index (χ0v) is 20.4. The van der Waals surface area contributed by atoms with Gasteiger partial charge in [0.1, 0.15) is 18.1 Å². The maximum absolute atomic E-state index is 12.5. The fourth-order valence-electron chi connectivity index (χ4n) is 3.42. The zero-order chi connectivity index (χ0) is 24.0. The quantitative estimate of drug-likeness (QED) is 0.396. The van der Waals surface area contributed by atoms with Crippen molar-refractivity contribution in [3.63, 3.8) is 0 Å². The highest BCUT2D eigenvalue weighted by Crippen LogP contribution is 2.32. The molecule has 6 nitrogen and oxygen atoms in total. The predicted molar refractivity (Wildman–Crippen MR) is 129 cm³/mol. The van der Waals surface area contributed by atoms with Crippen LogP contribution in [0.4, 0.5) is 0 Å². The Labute approximate surface area is 199 Å². The van der Waals surface area contributed by atoms with Crippen LogP contribution in [0, 0.1) is 6.92 Å². The Bertz CT molecular complexity index is 1110. The van der Waals surface area contributed by atoms with Crippen LogP contribution < -0.4 is 19.5 Å². The molecule has 1 N–H and O–H groups in total. The van der Waals surface area contributed by atoms with E-state index in [1.807, 2.05) is 37.3 Å². The summed E-state index contributed by atoms with van der Waals surface area (Å²) < 4.78 is 22.2. The van der Waals surface area contributed by atoms with Gasteiger partial charge in [0.15, 0.2) is 17.3 Å². The molecule has 0 unspecified atom stereocenters. The van der Waals surface area contributed by atoms with Crippen molar-refractivity contribution in [3.8, 4) is 17.2 Å². The first-order valence-electron chi connectivity index (χ1n) is 10.8. The number of carbonyl (C=O) groups is 1. The van der Waals surface area contributed by atoms with E-state index in [1.54, 1.807) is 26.4 Å². The number of halogens is 1. The van der Waals surface area contributed by atoms with Gasteiger partial charge < -0.3 is 23.9 Å². The van der Waals surface area contributed by atoms with Gasteiger partial charge in [0, 0.05) is 11.6 Å². The maximum Gasteiger partial charge on any atom is 0.287 e. The molecule has 176 valence electrons. The van der Waals surface area contributed by atoms with Gasteiger partial charge in [-0.1, -0.05) is 31.5 Å². The number of hydrogen-bond acceptors (Lipinski definition) is 5. The van der Waals surface area contributed by atoms with Crippen LogP contribution in [0.2, 0.25) is 5.02 Å². The van der Waals surface area contributed by atoms with Crippen molar-refractivity contribution in [2.24, 2.45) is 0 Å². The Morgan fingerprint density at radius 1 is 1.03 bits per heavy atom. The topological polar surface area (TPSA) is 69.9 Å². The van der Waals surface area contributed by atoms with E-state index in [1.165, 1.54) is 0 Å². The minimum atomic E-state index is -0.271. The van der Waals surface area contributed by atoms with Gasteiger partial charge >= 0.3 is 0 Å². The molecule has 0 fully saturated rings. The molecule has 7 heteroatoms. The first-order valence-corrected chi connectivity index (χ1v) is 11.2. The first kappa shape index (κ1) is 24.5. The van der Waals surface area contributed by atoms with Crippen molar-refractivity contribution in [1.29, 1.82) is 0 Å². The van der Waals surface area contributed by atoms with Crippen molar-refractivity contribution < 1.29 is 23.4 Å². The molecule has 0 aliphatic heterocycles. The Morgan fingerprint density at radius 2 is 1.79 bits per heavy atom. The summed E-state index contributed by atoms with van der Waals surface area (Å²) in [6, 6.07) is 13.0. The number of amides is 1. The van der Waals surface area contributed by atoms with Gasteiger partial charge in [0.25, 0.3) is 5.91 Å². The van der Waals surface area contributed by atoms with Crippen LogP contribution in [0.5, 0.6) is 17.2 Å². The van der Waals surface area contributed by atoms with E-state index in [0.717, 1.165) is 27.5 Å². The smallest absolute Gasteiger partial charge is 0.287 e. The summed E-state index contributed by atoms with van der Waals surface area (Å²) in [5, 5.41) is 3.60. The molecule has 1 aromatic heterocycles. The molecule has 0 atom stereocenters. The van der Waals surface area contributed by atoms with Gasteiger partial charge in [0.2, 0.25) is 0 Å². The Balaban J connectivity index is 1.55. The third-order valence-electron chi connectivity index (χ3n) is 5.32. The molecular formula is C26H30ClNO5. The van der Waals surface area contributed by atoms with Crippen LogP contribution in [0.1, 0.15) is 52.8 Å². The molecule has 3 aromatic rings. The van der Waals surface area contributed by atoms with E-state index in [-0.39, 0.29) is 24.2 Å². The van der Waals surface area contributed by atoms with Crippen LogP contribution in [0.25, 0.3) is 0 Å². The third-order valence-corrected chi connectivity index (χ3v) is 5.72. The molecule has 0 spiro atoms. The summed E-state index contributed by atoms with van der Waals surface area (Å²) in [5.74, 6) is 2.91. The number of methoxy groups -OCH3 is 2. The maximum atomic E-state index is 12.5. The number of hydrogen-bond donors (Lipinski definition) is 1. The molecule has 0 radical (unpaired) electrons. The van der Waals surface area contributed by atoms with E-state index < -0.39 is 0 Å². The van der Waals surface area contributed by atoms with Crippen molar-refractivity contribution in [1.82, 2.24) is 5.32 Å². The Kier molecular flexibility index (Phi) is 8.28. The third kappa shape index (κ3) is 6.23. The van der Waals surface area contributed by atoms with Gasteiger partial charge in [-0.05, 0) is 72.4 Å². The van der Waals surface area contributed by atoms with Crippen molar-refractivity contribution in [2.45, 2.75) is 39.7 Å². The van der Waals surface area contributed by atoms with Crippen molar-refractivity contribution in [2.75, 3.05) is 20.8 Å². The van der Waals surface area contributed by atoms with Gasteiger partial charge in [-0.2, -0.15) is 0 Å². The van der Waals surface area contributed by atoms with Crippen LogP contribution in [-0.4, -0.2) is 26.7 Å². The van der Waals surface area contributed by atoms with Crippen LogP contribution in [0.15, 0.2) is 46.9 Å². The number of nitrogens with one attached hydrogen (secondary N) is 1. The average Bonchev–Trinajstić information content (AvgIpc) is 3.28. The van der Waals surface area contributed by atoms with E-state index >= 15 is 0 Å². The number of aryl methyl sites for hydroxylation is 1. The molecule has 0 aliphatic rings. The minimum absolute atomic E-state index is 0.222. The van der Waals surface area contributed by atoms with Gasteiger partial charge in [0.05, 0.1) is 14.2 Å². The fraction of sp³-hybridized carbons (Fsp3) is 0.346. The number of benzene rings is 2. The largest absolute Gasteiger partial charge is 0.493 e. The standard InChI is InChI=1S/C26H30ClNO5/c1-16(2)20-14-21(27)17(3)12-24(20)32-15-19-7-9-23(33-19)26(29)28-11-10-18-6-8-22(30-4)25(13-18)31-5/h6-9,12-14,16H,10-11,15H2,1-5H3,(H,28,29). The normalized spacial score (nSPS) is 10.9. The molecule has 33 heavy (non-hydrogen) atoms. The molecule has 0 bridgehead atoms. The summed E-state index contributed by atoms with van der Waals surface area (Å²) in [7, 11) is 3.19. The second-order valence-corrected chi connectivity index (χ2v) is 8.45. The van der Waals surface area contributed by atoms with Crippen LogP contribution in [-0.2, 0) is 13.0 Å². The molecule has 0 aliphatic carbocycles. The Hall–Kier alpha value is -3.12. The monoisotopic (exact) mass is 471 g/mol. The highest BCUT2D eigenvalue weighted by molar-refractivity contribution is 6.31. The molecule has 3 rings (SSSR count). The minimum Gasteiger partial charge on any atom is -0.493 e. The van der Waals surface area contributed by atoms with E-state index in [2.05, 4.69) is 19.2 Å². The van der Waals surface area contributed by atoms with Crippen LogP contribution >= 0.6 is 11.6 Å². The van der Waals surface area contributed by atoms with Gasteiger partial charge in [-0.3, -0.25) is 4.79 Å². The highest BCUT2D eigenvalue weighted by Gasteiger charge is 2.14. The molecule has 1 amide bonds. The van der Waals surface area contributed by atoms with Gasteiger partial charge in [-0.25, -0.2) is 0 Å². The molecule has 0 saturated heterocycles. The lowest BCUT2D eigenvalue weighted by Gasteiger charge is -2.15. The second-order valence-electron chi connectivity index (χ2n) is 8.04. The molecule has 0 saturated carbocycles. The van der Waals surface area contributed by atoms with Crippen molar-refractivity contribution >= 4 is 17.5 Å². The highest BCUT2D eigenvalue weighted by atomic mass is 35.5. The summed E-state index contributed by atoms with van der Waals surface area (Å²) in [4.78, 5) is 12.5. The second kappa shape index (κ2) is 11.1. The predicted octanol–water partition coefficient (Wildman–Crippen LogP) is 5.93. The average molecular weight is 472 g/mol. The molecule has 1 heterocycles. The summed E-state index contributed by atoms with van der Waals surface area (Å²) in [5.41, 5.74) is 3.01. The van der Waals surface area contributed by atoms with E-state index in [0.29, 0.717) is 30.2 Å². The number of ether oxygens (including phenoxy) is 3. The molecule has 2 aromatic carbocycles. The molecular weight excluding hydrogens is 442 g/mol.